The van der Waals surface area contributed by atoms with E-state index in [0.717, 1.165) is 37.3 Å². The first kappa shape index (κ1) is 34.9. The summed E-state index contributed by atoms with van der Waals surface area (Å²) in [5, 5.41) is 28.2. The molecule has 0 aromatic heterocycles. The lowest BCUT2D eigenvalue weighted by Crippen LogP contribution is -2.55. The molecule has 0 amide bonds. The first-order valence-corrected chi connectivity index (χ1v) is 18.0. The van der Waals surface area contributed by atoms with Crippen LogP contribution in [0, 0.1) is 6.92 Å². The van der Waals surface area contributed by atoms with Crippen LogP contribution in [0.1, 0.15) is 69.6 Å². The Kier molecular flexibility index (Phi) is 9.13. The number of piperazine rings is 1. The predicted octanol–water partition coefficient (Wildman–Crippen LogP) is 3.04. The zero-order valence-electron chi connectivity index (χ0n) is 29.9. The minimum Gasteiger partial charge on any atom is -0.507 e. The van der Waals surface area contributed by atoms with Crippen LogP contribution in [0.15, 0.2) is 36.9 Å². The number of ether oxygens (including phenoxy) is 6. The quantitative estimate of drug-likeness (QED) is 0.313. The molecule has 0 radical (unpaired) electrons. The van der Waals surface area contributed by atoms with Gasteiger partial charge in [-0.2, -0.15) is 0 Å². The molecule has 6 aliphatic rings. The number of phenolic OH excluding ortho intramolecular Hbond substituents is 1. The molecule has 2 aromatic rings. The van der Waals surface area contributed by atoms with Crippen LogP contribution in [0.2, 0.25) is 0 Å². The molecular weight excluding hydrogens is 654 g/mol. The second-order valence-electron chi connectivity index (χ2n) is 14.8. The van der Waals surface area contributed by atoms with Gasteiger partial charge in [-0.05, 0) is 53.3 Å². The van der Waals surface area contributed by atoms with Gasteiger partial charge in [-0.3, -0.25) is 14.6 Å². The van der Waals surface area contributed by atoms with Crippen molar-refractivity contribution in [3.05, 3.63) is 75.9 Å². The van der Waals surface area contributed by atoms with Gasteiger partial charge in [0.15, 0.2) is 18.8 Å². The Morgan fingerprint density at radius 2 is 1.92 bits per heavy atom. The smallest absolute Gasteiger partial charge is 0.201 e. The van der Waals surface area contributed by atoms with Gasteiger partial charge in [-0.1, -0.05) is 25.3 Å². The van der Waals surface area contributed by atoms with Crippen molar-refractivity contribution in [1.29, 1.82) is 0 Å². The van der Waals surface area contributed by atoms with Gasteiger partial charge in [0.2, 0.25) is 5.78 Å². The molecule has 2 aliphatic carbocycles. The van der Waals surface area contributed by atoms with Gasteiger partial charge < -0.3 is 44.0 Å². The van der Waals surface area contributed by atoms with Crippen LogP contribution < -0.4 is 10.1 Å². The van der Waals surface area contributed by atoms with E-state index >= 15 is 0 Å². The molecule has 51 heavy (non-hydrogen) atoms. The molecule has 0 bridgehead atoms. The van der Waals surface area contributed by atoms with E-state index in [-0.39, 0.29) is 54.4 Å². The number of methoxy groups -OCH3 is 2. The Morgan fingerprint density at radius 1 is 1.14 bits per heavy atom. The number of carbonyl (C=O) groups excluding carboxylic acids is 1. The highest BCUT2D eigenvalue weighted by atomic mass is 16.7. The maximum atomic E-state index is 14.3. The summed E-state index contributed by atoms with van der Waals surface area (Å²) in [6, 6.07) is 5.41. The molecule has 4 heterocycles. The van der Waals surface area contributed by atoms with E-state index < -0.39 is 24.3 Å². The van der Waals surface area contributed by atoms with E-state index in [2.05, 4.69) is 28.3 Å². The van der Waals surface area contributed by atoms with Gasteiger partial charge >= 0.3 is 0 Å². The van der Waals surface area contributed by atoms with Crippen LogP contribution in [-0.2, 0) is 30.1 Å². The molecule has 4 fully saturated rings. The van der Waals surface area contributed by atoms with Gasteiger partial charge in [0.05, 0.1) is 42.7 Å². The Balaban J connectivity index is 1.18. The molecule has 12 nitrogen and oxygen atoms in total. The highest BCUT2D eigenvalue weighted by Crippen LogP contribution is 2.53. The number of benzene rings is 2. The third kappa shape index (κ3) is 5.67. The normalized spacial score (nSPS) is 33.5. The lowest BCUT2D eigenvalue weighted by atomic mass is 9.69. The number of morpholine rings is 1. The summed E-state index contributed by atoms with van der Waals surface area (Å²) in [7, 11) is 3.14. The number of hydrogen-bond acceptors (Lipinski definition) is 12. The molecule has 4 aliphatic heterocycles. The Morgan fingerprint density at radius 3 is 2.67 bits per heavy atom. The minimum atomic E-state index is -1.35. The number of aromatic hydroxyl groups is 1. The average molecular weight is 704 g/mol. The van der Waals surface area contributed by atoms with Crippen molar-refractivity contribution < 1.29 is 43.4 Å². The molecule has 4 saturated heterocycles. The lowest BCUT2D eigenvalue weighted by Gasteiger charge is -2.45. The van der Waals surface area contributed by atoms with Crippen molar-refractivity contribution in [3.63, 3.8) is 0 Å². The van der Waals surface area contributed by atoms with Gasteiger partial charge in [-0.25, -0.2) is 0 Å². The summed E-state index contributed by atoms with van der Waals surface area (Å²) in [6.45, 7) is 18.0. The van der Waals surface area contributed by atoms with Gasteiger partial charge in [-0.15, -0.1) is 0 Å². The number of fused-ring (bicyclic) bond motifs is 6. The molecular formula is C39H49N3O9. The zero-order valence-corrected chi connectivity index (χ0v) is 29.9. The van der Waals surface area contributed by atoms with E-state index in [1.54, 1.807) is 13.2 Å². The first-order chi connectivity index (χ1) is 24.5. The molecule has 0 spiro atoms. The standard InChI is InChI=1S/C39H49N3O9/c1-20(19-41-12-10-40-11-13-41)39(45)17-25-22(3)30-21(2)24-8-7-9-27(46-5)31(24)34(43)33(30)35(44)32(25)28(18-39)50-29-16-26-36(23(4)49-29)51-37-38(47-6)48-15-14-42(26)37/h7-9,23,26,28-29,36-38,40,44-45H,1-2,10-19H2,3-6H3/t23-,26-,28-,29-,36+,37+,38-,39-/m0/s1. The van der Waals surface area contributed by atoms with E-state index in [9.17, 15) is 15.0 Å². The first-order valence-electron chi connectivity index (χ1n) is 18.0. The minimum absolute atomic E-state index is 0.0114. The average Bonchev–Trinajstić information content (AvgIpc) is 3.51. The van der Waals surface area contributed by atoms with E-state index in [1.807, 2.05) is 26.0 Å². The zero-order chi connectivity index (χ0) is 35.8. The molecule has 8 rings (SSSR count). The fraction of sp³-hybridized carbons (Fsp3) is 0.564. The maximum Gasteiger partial charge on any atom is 0.201 e. The predicted molar refractivity (Wildman–Crippen MR) is 188 cm³/mol. The van der Waals surface area contributed by atoms with Crippen LogP contribution >= 0.6 is 0 Å². The van der Waals surface area contributed by atoms with E-state index in [4.69, 9.17) is 28.4 Å². The molecule has 8 atom stereocenters. The highest BCUT2D eigenvalue weighted by Gasteiger charge is 2.54. The SMILES string of the molecule is C=C1c2cccc(OC)c2C(=O)c2c(O)c3c(c(C)c21)C[C@@](O)(C(=C)CN1CCNCC1)C[C@@H]3O[C@H]1C[C@H]2[C@H](O[C@@H]3[C@@H](OC)OCCN32)[C@H](C)O1. The van der Waals surface area contributed by atoms with Crippen molar-refractivity contribution in [2.45, 2.75) is 81.9 Å². The molecule has 3 N–H and O–H groups in total. The second-order valence-corrected chi connectivity index (χ2v) is 14.8. The maximum absolute atomic E-state index is 14.3. The Bertz CT molecular complexity index is 1760. The van der Waals surface area contributed by atoms with Crippen molar-refractivity contribution >= 4 is 11.4 Å². The number of nitrogens with one attached hydrogen (secondary N) is 1. The molecule has 0 saturated carbocycles. The number of ketones is 1. The number of hydrogen-bond donors (Lipinski definition) is 3. The van der Waals surface area contributed by atoms with Crippen LogP contribution in [0.5, 0.6) is 11.5 Å². The summed E-state index contributed by atoms with van der Waals surface area (Å²) in [5.74, 6) is -0.0776. The summed E-state index contributed by atoms with van der Waals surface area (Å²) >= 11 is 0. The monoisotopic (exact) mass is 703 g/mol. The van der Waals surface area contributed by atoms with Gasteiger partial charge in [0.25, 0.3) is 0 Å². The lowest BCUT2D eigenvalue weighted by molar-refractivity contribution is -0.256. The van der Waals surface area contributed by atoms with Crippen LogP contribution in [0.3, 0.4) is 0 Å². The molecule has 12 heteroatoms. The van der Waals surface area contributed by atoms with Crippen LogP contribution in [0.4, 0.5) is 0 Å². The van der Waals surface area contributed by atoms with Crippen LogP contribution in [-0.4, -0.2) is 129 Å². The van der Waals surface area contributed by atoms with E-state index in [0.29, 0.717) is 65.3 Å². The summed E-state index contributed by atoms with van der Waals surface area (Å²) in [6.07, 6.45) is -2.02. The van der Waals surface area contributed by atoms with Gasteiger partial charge in [0.1, 0.15) is 17.6 Å². The highest BCUT2D eigenvalue weighted by molar-refractivity contribution is 6.22. The van der Waals surface area contributed by atoms with Crippen LogP contribution in [0.25, 0.3) is 5.57 Å². The van der Waals surface area contributed by atoms with Crippen molar-refractivity contribution in [2.75, 3.05) is 60.1 Å². The third-order valence-corrected chi connectivity index (χ3v) is 11.9. The summed E-state index contributed by atoms with van der Waals surface area (Å²) in [5.41, 5.74) is 3.73. The van der Waals surface area contributed by atoms with Crippen molar-refractivity contribution in [2.24, 2.45) is 0 Å². The molecule has 2 aromatic carbocycles. The summed E-state index contributed by atoms with van der Waals surface area (Å²) in [4.78, 5) is 18.9. The largest absolute Gasteiger partial charge is 0.507 e. The Labute approximate surface area is 298 Å². The molecule has 0 unspecified atom stereocenters. The Hall–Kier alpha value is -3.17. The number of phenols is 1. The van der Waals surface area contributed by atoms with Crippen molar-refractivity contribution in [1.82, 2.24) is 15.1 Å². The topological polar surface area (TPSA) is 131 Å². The number of aliphatic hydroxyl groups is 1. The van der Waals surface area contributed by atoms with Crippen molar-refractivity contribution in [3.8, 4) is 11.5 Å². The second kappa shape index (κ2) is 13.4. The fourth-order valence-electron chi connectivity index (χ4n) is 9.30. The summed E-state index contributed by atoms with van der Waals surface area (Å²) < 4.78 is 36.8. The fourth-order valence-corrected chi connectivity index (χ4v) is 9.30. The van der Waals surface area contributed by atoms with E-state index in [1.165, 1.54) is 7.11 Å². The number of rotatable bonds is 7. The third-order valence-electron chi connectivity index (χ3n) is 11.9. The number of carbonyl (C=O) groups is 1. The number of nitrogens with zero attached hydrogens (tertiary/aromatic N) is 2. The van der Waals surface area contributed by atoms with Gasteiger partial charge in [0, 0.05) is 77.2 Å². The molecule has 274 valence electrons.